The summed E-state index contributed by atoms with van der Waals surface area (Å²) in [6, 6.07) is 5.21. The van der Waals surface area contributed by atoms with Crippen LogP contribution in [-0.2, 0) is 4.74 Å². The molecule has 20 heavy (non-hydrogen) atoms. The second kappa shape index (κ2) is 6.83. The van der Waals surface area contributed by atoms with Crippen molar-refractivity contribution >= 4 is 11.6 Å². The molecule has 0 amide bonds. The third-order valence-corrected chi connectivity index (χ3v) is 3.25. The van der Waals surface area contributed by atoms with Crippen molar-refractivity contribution in [1.82, 2.24) is 10.1 Å². The van der Waals surface area contributed by atoms with Crippen LogP contribution in [0.2, 0.25) is 5.02 Å². The third kappa shape index (κ3) is 3.56. The van der Waals surface area contributed by atoms with Gasteiger partial charge in [0, 0.05) is 17.2 Å². The van der Waals surface area contributed by atoms with Gasteiger partial charge < -0.3 is 15.0 Å². The molecule has 0 spiro atoms. The Bertz CT molecular complexity index is 571. The summed E-state index contributed by atoms with van der Waals surface area (Å²) in [4.78, 5) is 4.29. The summed E-state index contributed by atoms with van der Waals surface area (Å²) >= 11 is 6.08. The van der Waals surface area contributed by atoms with Gasteiger partial charge in [-0.1, -0.05) is 29.7 Å². The van der Waals surface area contributed by atoms with E-state index in [1.54, 1.807) is 6.07 Å². The lowest BCUT2D eigenvalue weighted by molar-refractivity contribution is 0.119. The van der Waals surface area contributed by atoms with Crippen molar-refractivity contribution in [3.05, 3.63) is 34.6 Å². The maximum absolute atomic E-state index is 6.08. The van der Waals surface area contributed by atoms with Gasteiger partial charge in [0.2, 0.25) is 0 Å². The summed E-state index contributed by atoms with van der Waals surface area (Å²) in [6.07, 6.45) is 0.950. The molecule has 6 heteroatoms. The quantitative estimate of drug-likeness (QED) is 0.829. The molecule has 0 bridgehead atoms. The van der Waals surface area contributed by atoms with Gasteiger partial charge in [0.25, 0.3) is 5.89 Å². The van der Waals surface area contributed by atoms with Gasteiger partial charge >= 0.3 is 0 Å². The molecule has 2 N–H and O–H groups in total. The lowest BCUT2D eigenvalue weighted by atomic mass is 10.1. The van der Waals surface area contributed by atoms with Crippen LogP contribution in [0.1, 0.15) is 30.8 Å². The van der Waals surface area contributed by atoms with E-state index in [2.05, 4.69) is 10.1 Å². The highest BCUT2D eigenvalue weighted by Crippen LogP contribution is 2.24. The first kappa shape index (κ1) is 15.0. The van der Waals surface area contributed by atoms with Crippen molar-refractivity contribution in [2.75, 3.05) is 13.2 Å². The Labute approximate surface area is 123 Å². The molecule has 2 aromatic rings. The highest BCUT2D eigenvalue weighted by atomic mass is 35.5. The molecule has 0 aliphatic carbocycles. The van der Waals surface area contributed by atoms with Gasteiger partial charge in [-0.3, -0.25) is 0 Å². The predicted octanol–water partition coefficient (Wildman–Crippen LogP) is 3.12. The van der Waals surface area contributed by atoms with Crippen LogP contribution >= 0.6 is 11.6 Å². The summed E-state index contributed by atoms with van der Waals surface area (Å²) in [6.45, 7) is 5.03. The zero-order chi connectivity index (χ0) is 14.5. The molecule has 1 unspecified atom stereocenters. The van der Waals surface area contributed by atoms with E-state index in [1.807, 2.05) is 26.0 Å². The molecule has 108 valence electrons. The smallest absolute Gasteiger partial charge is 0.258 e. The van der Waals surface area contributed by atoms with Gasteiger partial charge in [-0.2, -0.15) is 4.98 Å². The van der Waals surface area contributed by atoms with E-state index in [4.69, 9.17) is 26.6 Å². The topological polar surface area (TPSA) is 74.2 Å². The van der Waals surface area contributed by atoms with E-state index >= 15 is 0 Å². The fourth-order valence-electron chi connectivity index (χ4n) is 1.66. The first-order valence-electron chi connectivity index (χ1n) is 6.55. The Balaban J connectivity index is 2.09. The summed E-state index contributed by atoms with van der Waals surface area (Å²) in [5.74, 6) is 0.848. The Morgan fingerprint density at radius 2 is 2.25 bits per heavy atom. The van der Waals surface area contributed by atoms with Crippen LogP contribution in [0.5, 0.6) is 0 Å². The third-order valence-electron chi connectivity index (χ3n) is 2.84. The maximum atomic E-state index is 6.08. The molecule has 1 heterocycles. The van der Waals surface area contributed by atoms with Crippen LogP contribution in [-0.4, -0.2) is 23.4 Å². The zero-order valence-corrected chi connectivity index (χ0v) is 12.4. The number of aromatic nitrogens is 2. The summed E-state index contributed by atoms with van der Waals surface area (Å²) in [5, 5.41) is 4.55. The minimum Gasteiger partial charge on any atom is -0.379 e. The van der Waals surface area contributed by atoms with Crippen molar-refractivity contribution in [1.29, 1.82) is 0 Å². The van der Waals surface area contributed by atoms with Crippen LogP contribution < -0.4 is 5.73 Å². The average molecular weight is 296 g/mol. The van der Waals surface area contributed by atoms with E-state index in [0.717, 1.165) is 17.5 Å². The standard InChI is InChI=1S/C14H18ClN3O2/c1-3-6-19-8-12(16)13-17-14(20-18-13)10-5-4-9(2)11(15)7-10/h4-5,7,12H,3,6,8,16H2,1-2H3. The number of rotatable bonds is 6. The number of halogens is 1. The number of aryl methyl sites for hydroxylation is 1. The van der Waals surface area contributed by atoms with Crippen LogP contribution in [0.25, 0.3) is 11.5 Å². The summed E-state index contributed by atoms with van der Waals surface area (Å²) < 4.78 is 10.6. The number of hydrogen-bond donors (Lipinski definition) is 1. The molecule has 1 aromatic carbocycles. The van der Waals surface area contributed by atoms with Crippen molar-refractivity contribution < 1.29 is 9.26 Å². The minimum absolute atomic E-state index is 0.376. The van der Waals surface area contributed by atoms with Crippen molar-refractivity contribution in [3.8, 4) is 11.5 Å². The second-order valence-electron chi connectivity index (χ2n) is 4.60. The highest BCUT2D eigenvalue weighted by Gasteiger charge is 2.15. The maximum Gasteiger partial charge on any atom is 0.258 e. The molecule has 5 nitrogen and oxygen atoms in total. The molecule has 0 saturated carbocycles. The number of hydrogen-bond acceptors (Lipinski definition) is 5. The van der Waals surface area contributed by atoms with Gasteiger partial charge in [-0.25, -0.2) is 0 Å². The molecule has 0 fully saturated rings. The van der Waals surface area contributed by atoms with E-state index < -0.39 is 0 Å². The fourth-order valence-corrected chi connectivity index (χ4v) is 1.84. The SMILES string of the molecule is CCCOCC(N)c1noc(-c2ccc(C)c(Cl)c2)n1. The van der Waals surface area contributed by atoms with Gasteiger partial charge in [0.1, 0.15) is 0 Å². The van der Waals surface area contributed by atoms with E-state index in [-0.39, 0.29) is 6.04 Å². The zero-order valence-electron chi connectivity index (χ0n) is 11.6. The second-order valence-corrected chi connectivity index (χ2v) is 5.01. The summed E-state index contributed by atoms with van der Waals surface area (Å²) in [5.41, 5.74) is 7.72. The molecule has 1 atom stereocenters. The molecule has 0 radical (unpaired) electrons. The normalized spacial score (nSPS) is 12.6. The predicted molar refractivity (Wildman–Crippen MR) is 77.5 cm³/mol. The lowest BCUT2D eigenvalue weighted by Gasteiger charge is -2.06. The van der Waals surface area contributed by atoms with Crippen molar-refractivity contribution in [2.24, 2.45) is 5.73 Å². The molecular formula is C14H18ClN3O2. The first-order valence-corrected chi connectivity index (χ1v) is 6.93. The molecular weight excluding hydrogens is 278 g/mol. The number of benzene rings is 1. The van der Waals surface area contributed by atoms with Crippen LogP contribution in [0.4, 0.5) is 0 Å². The molecule has 2 rings (SSSR count). The first-order chi connectivity index (χ1) is 9.61. The Hall–Kier alpha value is -1.43. The molecule has 0 aliphatic heterocycles. The van der Waals surface area contributed by atoms with Crippen LogP contribution in [0.15, 0.2) is 22.7 Å². The Morgan fingerprint density at radius 3 is 2.95 bits per heavy atom. The van der Waals surface area contributed by atoms with Gasteiger partial charge in [0.15, 0.2) is 5.82 Å². The Morgan fingerprint density at radius 1 is 1.45 bits per heavy atom. The Kier molecular flexibility index (Phi) is 5.11. The average Bonchev–Trinajstić information content (AvgIpc) is 2.92. The number of nitrogens with zero attached hydrogens (tertiary/aromatic N) is 2. The van der Waals surface area contributed by atoms with E-state index in [0.29, 0.717) is 30.0 Å². The van der Waals surface area contributed by atoms with E-state index in [1.165, 1.54) is 0 Å². The lowest BCUT2D eigenvalue weighted by Crippen LogP contribution is -2.18. The van der Waals surface area contributed by atoms with Crippen LogP contribution in [0, 0.1) is 6.92 Å². The summed E-state index contributed by atoms with van der Waals surface area (Å²) in [7, 11) is 0. The van der Waals surface area contributed by atoms with Crippen molar-refractivity contribution in [2.45, 2.75) is 26.3 Å². The monoisotopic (exact) mass is 295 g/mol. The fraction of sp³-hybridized carbons (Fsp3) is 0.429. The minimum atomic E-state index is -0.389. The van der Waals surface area contributed by atoms with Crippen molar-refractivity contribution in [3.63, 3.8) is 0 Å². The number of nitrogens with two attached hydrogens (primary N) is 1. The molecule has 1 aromatic heterocycles. The number of ether oxygens (including phenoxy) is 1. The van der Waals surface area contributed by atoms with Gasteiger partial charge in [-0.15, -0.1) is 0 Å². The van der Waals surface area contributed by atoms with Crippen LogP contribution in [0.3, 0.4) is 0 Å². The van der Waals surface area contributed by atoms with Gasteiger partial charge in [-0.05, 0) is 31.0 Å². The largest absolute Gasteiger partial charge is 0.379 e. The molecule has 0 saturated heterocycles. The van der Waals surface area contributed by atoms with E-state index in [9.17, 15) is 0 Å². The molecule has 0 aliphatic rings. The highest BCUT2D eigenvalue weighted by molar-refractivity contribution is 6.31. The van der Waals surface area contributed by atoms with Gasteiger partial charge in [0.05, 0.1) is 12.6 Å².